The van der Waals surface area contributed by atoms with Crippen LogP contribution in [-0.4, -0.2) is 7.11 Å². The maximum Gasteiger partial charge on any atom is 0.127 e. The van der Waals surface area contributed by atoms with Crippen molar-refractivity contribution in [3.63, 3.8) is 0 Å². The van der Waals surface area contributed by atoms with Crippen molar-refractivity contribution in [2.24, 2.45) is 5.73 Å². The molecule has 2 aromatic carbocycles. The average Bonchev–Trinajstić information content (AvgIpc) is 2.44. The van der Waals surface area contributed by atoms with Crippen molar-refractivity contribution >= 4 is 15.9 Å². The Morgan fingerprint density at radius 1 is 1.05 bits per heavy atom. The predicted molar refractivity (Wildman–Crippen MR) is 92.1 cm³/mol. The second kappa shape index (κ2) is 6.20. The van der Waals surface area contributed by atoms with Gasteiger partial charge in [0.15, 0.2) is 0 Å². The first-order valence-corrected chi connectivity index (χ1v) is 7.82. The molecule has 0 radical (unpaired) electrons. The molecule has 21 heavy (non-hydrogen) atoms. The Bertz CT molecular complexity index is 679. The molecule has 0 fully saturated rings. The topological polar surface area (TPSA) is 35.2 Å². The smallest absolute Gasteiger partial charge is 0.127 e. The van der Waals surface area contributed by atoms with Gasteiger partial charge in [-0.25, -0.2) is 0 Å². The number of ether oxygens (including phenoxy) is 1. The van der Waals surface area contributed by atoms with Gasteiger partial charge in [0.25, 0.3) is 0 Å². The van der Waals surface area contributed by atoms with Crippen LogP contribution in [-0.2, 0) is 0 Å². The summed E-state index contributed by atoms with van der Waals surface area (Å²) in [5, 5.41) is 0. The Morgan fingerprint density at radius 2 is 1.71 bits per heavy atom. The van der Waals surface area contributed by atoms with Crippen molar-refractivity contribution in [1.29, 1.82) is 0 Å². The van der Waals surface area contributed by atoms with Crippen LogP contribution in [0.3, 0.4) is 0 Å². The van der Waals surface area contributed by atoms with Gasteiger partial charge < -0.3 is 10.5 Å². The van der Waals surface area contributed by atoms with Crippen LogP contribution >= 0.6 is 15.9 Å². The molecule has 0 heterocycles. The summed E-state index contributed by atoms with van der Waals surface area (Å²) in [6.07, 6.45) is 0. The third-order valence-electron chi connectivity index (χ3n) is 3.99. The third kappa shape index (κ3) is 2.99. The van der Waals surface area contributed by atoms with Crippen molar-refractivity contribution in [3.05, 3.63) is 62.1 Å². The van der Waals surface area contributed by atoms with Crippen LogP contribution in [0, 0.1) is 27.7 Å². The van der Waals surface area contributed by atoms with Crippen LogP contribution in [0.5, 0.6) is 5.75 Å². The zero-order valence-electron chi connectivity index (χ0n) is 13.3. The fraction of sp³-hybridized carbons (Fsp3) is 0.333. The Hall–Kier alpha value is -1.32. The van der Waals surface area contributed by atoms with Crippen molar-refractivity contribution in [2.45, 2.75) is 33.7 Å². The largest absolute Gasteiger partial charge is 0.496 e. The lowest BCUT2D eigenvalue weighted by molar-refractivity contribution is 0.404. The molecule has 112 valence electrons. The maximum atomic E-state index is 6.60. The highest BCUT2D eigenvalue weighted by molar-refractivity contribution is 9.10. The van der Waals surface area contributed by atoms with E-state index in [4.69, 9.17) is 10.5 Å². The molecular formula is C18H22BrNO. The molecule has 2 nitrogen and oxygen atoms in total. The van der Waals surface area contributed by atoms with Crippen LogP contribution in [0.25, 0.3) is 0 Å². The monoisotopic (exact) mass is 347 g/mol. The van der Waals surface area contributed by atoms with Crippen LogP contribution in [0.4, 0.5) is 0 Å². The van der Waals surface area contributed by atoms with E-state index >= 15 is 0 Å². The van der Waals surface area contributed by atoms with E-state index in [1.54, 1.807) is 7.11 Å². The van der Waals surface area contributed by atoms with Crippen LogP contribution in [0.15, 0.2) is 28.7 Å². The highest BCUT2D eigenvalue weighted by atomic mass is 79.9. The standard InChI is InChI=1S/C18H22BrNO/c1-10-6-7-11(2)14(8-10)17(20)16-13(4)15(19)9-12(3)18(16)21-5/h6-9,17H,20H2,1-5H3. The van der Waals surface area contributed by atoms with E-state index in [1.807, 2.05) is 6.92 Å². The number of rotatable bonds is 3. The lowest BCUT2D eigenvalue weighted by Gasteiger charge is -2.23. The Balaban J connectivity index is 2.68. The molecule has 0 aliphatic carbocycles. The second-order valence-corrected chi connectivity index (χ2v) is 6.44. The molecule has 0 bridgehead atoms. The normalized spacial score (nSPS) is 12.3. The molecule has 0 saturated carbocycles. The van der Waals surface area contributed by atoms with Gasteiger partial charge in [-0.05, 0) is 56.0 Å². The highest BCUT2D eigenvalue weighted by Crippen LogP contribution is 2.38. The molecule has 2 rings (SSSR count). The van der Waals surface area contributed by atoms with Crippen molar-refractivity contribution in [2.75, 3.05) is 7.11 Å². The van der Waals surface area contributed by atoms with E-state index in [2.05, 4.69) is 61.0 Å². The van der Waals surface area contributed by atoms with Crippen LogP contribution in [0.2, 0.25) is 0 Å². The summed E-state index contributed by atoms with van der Waals surface area (Å²) in [7, 11) is 1.70. The highest BCUT2D eigenvalue weighted by Gasteiger charge is 2.21. The first-order chi connectivity index (χ1) is 9.86. The molecule has 0 aromatic heterocycles. The summed E-state index contributed by atoms with van der Waals surface area (Å²) in [4.78, 5) is 0. The minimum atomic E-state index is -0.198. The zero-order valence-corrected chi connectivity index (χ0v) is 14.8. The fourth-order valence-corrected chi connectivity index (χ4v) is 3.33. The van der Waals surface area contributed by atoms with E-state index in [0.29, 0.717) is 0 Å². The summed E-state index contributed by atoms with van der Waals surface area (Å²) in [5.74, 6) is 0.879. The number of hydrogen-bond acceptors (Lipinski definition) is 2. The molecule has 1 unspecified atom stereocenters. The lowest BCUT2D eigenvalue weighted by atomic mass is 9.90. The number of methoxy groups -OCH3 is 1. The first kappa shape index (κ1) is 16.1. The van der Waals surface area contributed by atoms with Gasteiger partial charge in [-0.15, -0.1) is 0 Å². The van der Waals surface area contributed by atoms with Crippen molar-refractivity contribution < 1.29 is 4.74 Å². The van der Waals surface area contributed by atoms with Gasteiger partial charge in [0.1, 0.15) is 5.75 Å². The summed E-state index contributed by atoms with van der Waals surface area (Å²) in [6.45, 7) is 8.31. The zero-order chi connectivity index (χ0) is 15.7. The summed E-state index contributed by atoms with van der Waals surface area (Å²) >= 11 is 3.62. The number of aryl methyl sites for hydroxylation is 3. The average molecular weight is 348 g/mol. The lowest BCUT2D eigenvalue weighted by Crippen LogP contribution is -2.17. The van der Waals surface area contributed by atoms with E-state index < -0.39 is 0 Å². The summed E-state index contributed by atoms with van der Waals surface area (Å²) < 4.78 is 6.69. The molecule has 0 spiro atoms. The minimum Gasteiger partial charge on any atom is -0.496 e. The molecule has 1 atom stereocenters. The Labute approximate surface area is 135 Å². The molecule has 0 aliphatic heterocycles. The van der Waals surface area contributed by atoms with Gasteiger partial charge in [-0.2, -0.15) is 0 Å². The molecule has 0 aliphatic rings. The number of nitrogens with two attached hydrogens (primary N) is 1. The summed E-state index contributed by atoms with van der Waals surface area (Å²) in [6, 6.07) is 8.28. The maximum absolute atomic E-state index is 6.60. The van der Waals surface area contributed by atoms with E-state index in [0.717, 1.165) is 32.5 Å². The minimum absolute atomic E-state index is 0.198. The van der Waals surface area contributed by atoms with Crippen molar-refractivity contribution in [1.82, 2.24) is 0 Å². The number of hydrogen-bond donors (Lipinski definition) is 1. The van der Waals surface area contributed by atoms with Gasteiger partial charge in [-0.3, -0.25) is 0 Å². The molecular weight excluding hydrogens is 326 g/mol. The van der Waals surface area contributed by atoms with E-state index in [9.17, 15) is 0 Å². The van der Waals surface area contributed by atoms with Gasteiger partial charge in [-0.1, -0.05) is 39.7 Å². The molecule has 3 heteroatoms. The predicted octanol–water partition coefficient (Wildman–Crippen LogP) is 4.74. The molecule has 0 saturated heterocycles. The summed E-state index contributed by atoms with van der Waals surface area (Å²) in [5.41, 5.74) is 13.4. The Morgan fingerprint density at radius 3 is 2.33 bits per heavy atom. The van der Waals surface area contributed by atoms with Crippen molar-refractivity contribution in [3.8, 4) is 5.75 Å². The SMILES string of the molecule is COc1c(C)cc(Br)c(C)c1C(N)c1cc(C)ccc1C. The van der Waals surface area contributed by atoms with Crippen LogP contribution < -0.4 is 10.5 Å². The number of halogens is 1. The second-order valence-electron chi connectivity index (χ2n) is 5.58. The van der Waals surface area contributed by atoms with Crippen LogP contribution in [0.1, 0.15) is 39.4 Å². The van der Waals surface area contributed by atoms with Gasteiger partial charge in [0, 0.05) is 10.0 Å². The quantitative estimate of drug-likeness (QED) is 0.870. The van der Waals surface area contributed by atoms with Gasteiger partial charge in [0.05, 0.1) is 13.2 Å². The van der Waals surface area contributed by atoms with Gasteiger partial charge >= 0.3 is 0 Å². The first-order valence-electron chi connectivity index (χ1n) is 7.03. The molecule has 0 amide bonds. The Kier molecular flexibility index (Phi) is 4.74. The molecule has 2 N–H and O–H groups in total. The van der Waals surface area contributed by atoms with E-state index in [1.165, 1.54) is 11.1 Å². The third-order valence-corrected chi connectivity index (χ3v) is 4.82. The van der Waals surface area contributed by atoms with E-state index in [-0.39, 0.29) is 6.04 Å². The van der Waals surface area contributed by atoms with Gasteiger partial charge in [0.2, 0.25) is 0 Å². The number of benzene rings is 2. The molecule has 2 aromatic rings. The fourth-order valence-electron chi connectivity index (χ4n) is 2.77.